The van der Waals surface area contributed by atoms with Crippen molar-refractivity contribution in [3.63, 3.8) is 0 Å². The molecule has 80 valence electrons. The van der Waals surface area contributed by atoms with Crippen molar-refractivity contribution in [2.75, 3.05) is 0 Å². The summed E-state index contributed by atoms with van der Waals surface area (Å²) in [7, 11) is 0. The fourth-order valence-electron chi connectivity index (χ4n) is 1.64. The molecule has 0 aliphatic carbocycles. The number of nitriles is 1. The summed E-state index contributed by atoms with van der Waals surface area (Å²) in [4.78, 5) is 0. The lowest BCUT2D eigenvalue weighted by molar-refractivity contribution is 0.123. The Morgan fingerprint density at radius 1 is 1.27 bits per heavy atom. The standard InChI is InChI=1S/C13H17NO/c1-10(2)8-12(9-14)13(15)11-6-4-3-5-7-11/h3-7,10,12-13,15H,8H2,1-2H3/t12-,13+/m0/s1. The third-order valence-electron chi connectivity index (χ3n) is 2.41. The Morgan fingerprint density at radius 2 is 1.87 bits per heavy atom. The van der Waals surface area contributed by atoms with Crippen molar-refractivity contribution >= 4 is 0 Å². The summed E-state index contributed by atoms with van der Waals surface area (Å²) in [6, 6.07) is 11.6. The molecule has 1 aromatic carbocycles. The maximum Gasteiger partial charge on any atom is 0.0948 e. The van der Waals surface area contributed by atoms with Crippen LogP contribution in [0, 0.1) is 23.2 Å². The van der Waals surface area contributed by atoms with Gasteiger partial charge >= 0.3 is 0 Å². The number of nitrogens with zero attached hydrogens (tertiary/aromatic N) is 1. The van der Waals surface area contributed by atoms with Gasteiger partial charge in [0.25, 0.3) is 0 Å². The molecule has 0 amide bonds. The average Bonchev–Trinajstić information content (AvgIpc) is 2.26. The smallest absolute Gasteiger partial charge is 0.0948 e. The van der Waals surface area contributed by atoms with E-state index in [1.807, 2.05) is 30.3 Å². The highest BCUT2D eigenvalue weighted by Gasteiger charge is 2.21. The van der Waals surface area contributed by atoms with Gasteiger partial charge in [-0.3, -0.25) is 0 Å². The van der Waals surface area contributed by atoms with Gasteiger partial charge < -0.3 is 5.11 Å². The van der Waals surface area contributed by atoms with Crippen molar-refractivity contribution in [2.24, 2.45) is 11.8 Å². The third-order valence-corrected chi connectivity index (χ3v) is 2.41. The maximum absolute atomic E-state index is 10.0. The van der Waals surface area contributed by atoms with Crippen LogP contribution in [0.4, 0.5) is 0 Å². The Labute approximate surface area is 91.2 Å². The second-order valence-corrected chi connectivity index (χ2v) is 4.22. The van der Waals surface area contributed by atoms with Crippen LogP contribution >= 0.6 is 0 Å². The summed E-state index contributed by atoms with van der Waals surface area (Å²) < 4.78 is 0. The second kappa shape index (κ2) is 5.53. The molecular weight excluding hydrogens is 186 g/mol. The highest BCUT2D eigenvalue weighted by Crippen LogP contribution is 2.26. The van der Waals surface area contributed by atoms with Gasteiger partial charge in [0.1, 0.15) is 0 Å². The van der Waals surface area contributed by atoms with Crippen LogP contribution in [0.1, 0.15) is 31.9 Å². The highest BCUT2D eigenvalue weighted by molar-refractivity contribution is 5.19. The van der Waals surface area contributed by atoms with Crippen LogP contribution in [0.25, 0.3) is 0 Å². The zero-order valence-corrected chi connectivity index (χ0v) is 9.22. The molecule has 0 radical (unpaired) electrons. The normalized spacial score (nSPS) is 14.6. The first kappa shape index (κ1) is 11.7. The summed E-state index contributed by atoms with van der Waals surface area (Å²) in [5.41, 5.74) is 0.824. The van der Waals surface area contributed by atoms with Gasteiger partial charge in [0, 0.05) is 0 Å². The molecule has 2 heteroatoms. The summed E-state index contributed by atoms with van der Waals surface area (Å²) in [6.45, 7) is 4.12. The molecule has 1 rings (SSSR count). The summed E-state index contributed by atoms with van der Waals surface area (Å²) in [6.07, 6.45) is 0.0608. The van der Waals surface area contributed by atoms with Gasteiger partial charge in [-0.05, 0) is 17.9 Å². The Balaban J connectivity index is 2.74. The van der Waals surface area contributed by atoms with Crippen molar-refractivity contribution < 1.29 is 5.11 Å². The lowest BCUT2D eigenvalue weighted by Crippen LogP contribution is -2.13. The van der Waals surface area contributed by atoms with Crippen LogP contribution < -0.4 is 0 Å². The van der Waals surface area contributed by atoms with E-state index in [2.05, 4.69) is 19.9 Å². The highest BCUT2D eigenvalue weighted by atomic mass is 16.3. The fourth-order valence-corrected chi connectivity index (χ4v) is 1.64. The monoisotopic (exact) mass is 203 g/mol. The van der Waals surface area contributed by atoms with Crippen LogP contribution in [0.2, 0.25) is 0 Å². The molecule has 0 aliphatic heterocycles. The molecule has 0 saturated heterocycles. The van der Waals surface area contributed by atoms with Crippen molar-refractivity contribution in [3.05, 3.63) is 35.9 Å². The van der Waals surface area contributed by atoms with Gasteiger partial charge in [-0.15, -0.1) is 0 Å². The molecule has 0 aliphatic rings. The van der Waals surface area contributed by atoms with Gasteiger partial charge in [-0.1, -0.05) is 44.2 Å². The zero-order chi connectivity index (χ0) is 11.3. The Kier molecular flexibility index (Phi) is 4.33. The van der Waals surface area contributed by atoms with E-state index >= 15 is 0 Å². The minimum absolute atomic E-state index is 0.313. The third kappa shape index (κ3) is 3.38. The van der Waals surface area contributed by atoms with Crippen molar-refractivity contribution in [1.82, 2.24) is 0 Å². The molecule has 2 nitrogen and oxygen atoms in total. The van der Waals surface area contributed by atoms with Crippen LogP contribution in [0.3, 0.4) is 0 Å². The first-order chi connectivity index (χ1) is 7.15. The van der Waals surface area contributed by atoms with E-state index in [1.54, 1.807) is 0 Å². The molecule has 0 saturated carbocycles. The Bertz CT molecular complexity index is 326. The van der Waals surface area contributed by atoms with E-state index in [9.17, 15) is 5.11 Å². The number of benzene rings is 1. The van der Waals surface area contributed by atoms with Crippen molar-refractivity contribution in [3.8, 4) is 6.07 Å². The minimum atomic E-state index is -0.668. The first-order valence-electron chi connectivity index (χ1n) is 5.27. The lowest BCUT2D eigenvalue weighted by Gasteiger charge is -2.18. The molecule has 1 N–H and O–H groups in total. The lowest BCUT2D eigenvalue weighted by atomic mass is 9.89. The van der Waals surface area contributed by atoms with Gasteiger partial charge in [-0.2, -0.15) is 5.26 Å². The zero-order valence-electron chi connectivity index (χ0n) is 9.22. The van der Waals surface area contributed by atoms with Gasteiger partial charge in [0.05, 0.1) is 18.1 Å². The molecule has 15 heavy (non-hydrogen) atoms. The van der Waals surface area contributed by atoms with E-state index in [0.717, 1.165) is 12.0 Å². The summed E-state index contributed by atoms with van der Waals surface area (Å²) in [5, 5.41) is 19.0. The first-order valence-corrected chi connectivity index (χ1v) is 5.27. The van der Waals surface area contributed by atoms with E-state index < -0.39 is 6.10 Å². The predicted molar refractivity (Wildman–Crippen MR) is 60.0 cm³/mol. The van der Waals surface area contributed by atoms with Gasteiger partial charge in [0.15, 0.2) is 0 Å². The largest absolute Gasteiger partial charge is 0.387 e. The number of hydrogen-bond acceptors (Lipinski definition) is 2. The number of aliphatic hydroxyl groups excluding tert-OH is 1. The average molecular weight is 203 g/mol. The summed E-state index contributed by atoms with van der Waals surface area (Å²) >= 11 is 0. The molecule has 0 aromatic heterocycles. The molecule has 2 atom stereocenters. The van der Waals surface area contributed by atoms with Gasteiger partial charge in [-0.25, -0.2) is 0 Å². The minimum Gasteiger partial charge on any atom is -0.387 e. The van der Waals surface area contributed by atoms with Crippen LogP contribution in [-0.2, 0) is 0 Å². The topological polar surface area (TPSA) is 44.0 Å². The number of aliphatic hydroxyl groups is 1. The fraction of sp³-hybridized carbons (Fsp3) is 0.462. The van der Waals surface area contributed by atoms with E-state index in [-0.39, 0.29) is 5.92 Å². The van der Waals surface area contributed by atoms with Crippen molar-refractivity contribution in [1.29, 1.82) is 5.26 Å². The Morgan fingerprint density at radius 3 is 2.33 bits per heavy atom. The van der Waals surface area contributed by atoms with E-state index in [0.29, 0.717) is 5.92 Å². The van der Waals surface area contributed by atoms with E-state index in [1.165, 1.54) is 0 Å². The molecular formula is C13H17NO. The maximum atomic E-state index is 10.0. The molecule has 1 aromatic rings. The van der Waals surface area contributed by atoms with Crippen LogP contribution in [-0.4, -0.2) is 5.11 Å². The van der Waals surface area contributed by atoms with Crippen LogP contribution in [0.15, 0.2) is 30.3 Å². The van der Waals surface area contributed by atoms with E-state index in [4.69, 9.17) is 5.26 Å². The van der Waals surface area contributed by atoms with Gasteiger partial charge in [0.2, 0.25) is 0 Å². The predicted octanol–water partition coefficient (Wildman–Crippen LogP) is 2.91. The Hall–Kier alpha value is -1.33. The quantitative estimate of drug-likeness (QED) is 0.817. The van der Waals surface area contributed by atoms with Crippen LogP contribution in [0.5, 0.6) is 0 Å². The molecule has 0 fully saturated rings. The molecule has 0 spiro atoms. The number of hydrogen-bond donors (Lipinski definition) is 1. The number of rotatable bonds is 4. The summed E-state index contributed by atoms with van der Waals surface area (Å²) in [5.74, 6) is 0.111. The SMILES string of the molecule is CC(C)C[C@@H](C#N)[C@H](O)c1ccccc1. The molecule has 0 bridgehead atoms. The second-order valence-electron chi connectivity index (χ2n) is 4.22. The molecule has 0 unspecified atom stereocenters. The molecule has 0 heterocycles. The van der Waals surface area contributed by atoms with Crippen molar-refractivity contribution in [2.45, 2.75) is 26.4 Å².